The Labute approximate surface area is 209 Å². The second-order valence-corrected chi connectivity index (χ2v) is 9.87. The Morgan fingerprint density at radius 1 is 1.08 bits per heavy atom. The normalized spacial score (nSPS) is 24.7. The van der Waals surface area contributed by atoms with Gasteiger partial charge in [-0.2, -0.15) is 18.4 Å². The lowest BCUT2D eigenvalue weighted by Crippen LogP contribution is -2.66. The van der Waals surface area contributed by atoms with Crippen LogP contribution in [-0.2, 0) is 12.6 Å². The third-order valence-corrected chi connectivity index (χ3v) is 7.41. The van der Waals surface area contributed by atoms with Crippen LogP contribution in [0.3, 0.4) is 0 Å². The van der Waals surface area contributed by atoms with Crippen LogP contribution in [0.1, 0.15) is 55.2 Å². The number of nitrogens with one attached hydrogen (secondary N) is 2. The lowest BCUT2D eigenvalue weighted by molar-refractivity contribution is -0.137. The molecule has 2 aromatic rings. The zero-order chi connectivity index (χ0) is 25.8. The highest BCUT2D eigenvalue weighted by molar-refractivity contribution is 5.66. The first-order chi connectivity index (χ1) is 17.2. The molecule has 4 rings (SSSR count). The van der Waals surface area contributed by atoms with Crippen molar-refractivity contribution in [2.75, 3.05) is 18.0 Å². The van der Waals surface area contributed by atoms with Crippen LogP contribution in [0.4, 0.5) is 23.7 Å². The third-order valence-electron chi connectivity index (χ3n) is 7.41. The minimum absolute atomic E-state index is 0.139. The summed E-state index contributed by atoms with van der Waals surface area (Å²) in [7, 11) is 0. The number of hydrogen-bond donors (Lipinski definition) is 3. The lowest BCUT2D eigenvalue weighted by Gasteiger charge is -2.47. The first kappa shape index (κ1) is 25.8. The summed E-state index contributed by atoms with van der Waals surface area (Å²) in [5.74, 6) is 0. The van der Waals surface area contributed by atoms with Crippen molar-refractivity contribution >= 4 is 11.8 Å². The molecule has 1 saturated carbocycles. The van der Waals surface area contributed by atoms with E-state index in [2.05, 4.69) is 21.6 Å². The maximum absolute atomic E-state index is 13.0. The Kier molecular flexibility index (Phi) is 7.74. The maximum Gasteiger partial charge on any atom is 0.416 e. The van der Waals surface area contributed by atoms with E-state index in [1.165, 1.54) is 12.1 Å². The summed E-state index contributed by atoms with van der Waals surface area (Å²) in [4.78, 5) is 14.1. The molecule has 0 spiro atoms. The molecule has 1 aliphatic heterocycles. The van der Waals surface area contributed by atoms with Gasteiger partial charge in [0.2, 0.25) is 0 Å². The quantitative estimate of drug-likeness (QED) is 0.499. The van der Waals surface area contributed by atoms with Gasteiger partial charge >= 0.3 is 12.3 Å². The van der Waals surface area contributed by atoms with Crippen molar-refractivity contribution in [2.24, 2.45) is 0 Å². The van der Waals surface area contributed by atoms with E-state index in [0.29, 0.717) is 24.0 Å². The number of anilines is 1. The molecule has 9 heteroatoms. The topological polar surface area (TPSA) is 88.4 Å². The molecule has 2 aromatic carbocycles. The monoisotopic (exact) mass is 500 g/mol. The van der Waals surface area contributed by atoms with Gasteiger partial charge in [0.1, 0.15) is 0 Å². The van der Waals surface area contributed by atoms with Crippen molar-refractivity contribution in [2.45, 2.75) is 68.7 Å². The van der Waals surface area contributed by atoms with E-state index >= 15 is 0 Å². The van der Waals surface area contributed by atoms with E-state index < -0.39 is 23.4 Å². The third kappa shape index (κ3) is 6.11. The van der Waals surface area contributed by atoms with Crippen LogP contribution in [0.2, 0.25) is 0 Å². The highest BCUT2D eigenvalue weighted by Gasteiger charge is 2.43. The van der Waals surface area contributed by atoms with Gasteiger partial charge in [-0.05, 0) is 74.1 Å². The average molecular weight is 501 g/mol. The summed E-state index contributed by atoms with van der Waals surface area (Å²) in [5, 5.41) is 25.3. The summed E-state index contributed by atoms with van der Waals surface area (Å²) in [5.41, 5.74) is 0.813. The number of halogens is 3. The Hall–Kier alpha value is -3.25. The molecule has 0 bridgehead atoms. The highest BCUT2D eigenvalue weighted by atomic mass is 19.4. The van der Waals surface area contributed by atoms with E-state index in [0.717, 1.165) is 63.0 Å². The Bertz CT molecular complexity index is 1080. The van der Waals surface area contributed by atoms with E-state index in [1.54, 1.807) is 12.1 Å². The second kappa shape index (κ2) is 10.8. The Balaban J connectivity index is 1.51. The Morgan fingerprint density at radius 3 is 2.44 bits per heavy atom. The Morgan fingerprint density at radius 2 is 1.81 bits per heavy atom. The standard InChI is InChI=1S/C27H31F3N4O2/c28-27(29,30)21-10-6-19(7-11-21)16-26(33-25(35)36)14-2-1-5-24(26)32-22-4-3-15-34(18-22)23-12-8-20(17-31)9-13-23/h6-13,22,24,32-33H,1-5,14-16,18H2,(H,35,36). The van der Waals surface area contributed by atoms with Crippen molar-refractivity contribution < 1.29 is 23.1 Å². The van der Waals surface area contributed by atoms with Gasteiger partial charge in [-0.1, -0.05) is 25.0 Å². The summed E-state index contributed by atoms with van der Waals surface area (Å²) < 4.78 is 39.1. The SMILES string of the molecule is N#Cc1ccc(N2CCCC(NC3CCCCC3(Cc3ccc(C(F)(F)F)cc3)NC(=O)O)C2)cc1. The fraction of sp³-hybridized carbons (Fsp3) is 0.481. The van der Waals surface area contributed by atoms with Crippen molar-refractivity contribution in [3.63, 3.8) is 0 Å². The van der Waals surface area contributed by atoms with Crippen LogP contribution in [0, 0.1) is 11.3 Å². The minimum atomic E-state index is -4.41. The number of nitrogens with zero attached hydrogens (tertiary/aromatic N) is 2. The molecular weight excluding hydrogens is 469 g/mol. The molecule has 6 nitrogen and oxygen atoms in total. The van der Waals surface area contributed by atoms with Gasteiger partial charge in [0.25, 0.3) is 0 Å². The maximum atomic E-state index is 13.0. The fourth-order valence-corrected chi connectivity index (χ4v) is 5.66. The van der Waals surface area contributed by atoms with Crippen molar-refractivity contribution in [1.82, 2.24) is 10.6 Å². The molecule has 3 atom stereocenters. The zero-order valence-corrected chi connectivity index (χ0v) is 20.0. The van der Waals surface area contributed by atoms with Crippen LogP contribution in [0.15, 0.2) is 48.5 Å². The van der Waals surface area contributed by atoms with Gasteiger partial charge in [-0.25, -0.2) is 4.79 Å². The zero-order valence-electron chi connectivity index (χ0n) is 20.0. The predicted octanol–water partition coefficient (Wildman–Crippen LogP) is 5.33. The molecule has 2 aliphatic rings. The molecule has 1 aliphatic carbocycles. The summed E-state index contributed by atoms with van der Waals surface area (Å²) >= 11 is 0. The van der Waals surface area contributed by atoms with Crippen LogP contribution >= 0.6 is 0 Å². The number of benzene rings is 2. The number of carbonyl (C=O) groups is 1. The fourth-order valence-electron chi connectivity index (χ4n) is 5.66. The molecule has 0 radical (unpaired) electrons. The van der Waals surface area contributed by atoms with E-state index in [4.69, 9.17) is 5.26 Å². The largest absolute Gasteiger partial charge is 0.465 e. The molecule has 1 saturated heterocycles. The molecule has 1 amide bonds. The van der Waals surface area contributed by atoms with Crippen LogP contribution < -0.4 is 15.5 Å². The highest BCUT2D eigenvalue weighted by Crippen LogP contribution is 2.35. The number of carboxylic acid groups (broad SMARTS) is 1. The number of hydrogen-bond acceptors (Lipinski definition) is 4. The lowest BCUT2D eigenvalue weighted by atomic mass is 9.73. The minimum Gasteiger partial charge on any atom is -0.465 e. The molecule has 192 valence electrons. The number of piperidine rings is 1. The molecule has 1 heterocycles. The molecular formula is C27H31F3N4O2. The van der Waals surface area contributed by atoms with Crippen LogP contribution in [-0.4, -0.2) is 41.9 Å². The molecule has 0 aromatic heterocycles. The van der Waals surface area contributed by atoms with Gasteiger partial charge in [0.05, 0.1) is 22.7 Å². The molecule has 3 unspecified atom stereocenters. The van der Waals surface area contributed by atoms with Gasteiger partial charge in [-0.3, -0.25) is 0 Å². The van der Waals surface area contributed by atoms with E-state index in [-0.39, 0.29) is 12.1 Å². The van der Waals surface area contributed by atoms with E-state index in [9.17, 15) is 23.1 Å². The number of nitriles is 1. The van der Waals surface area contributed by atoms with Gasteiger partial charge in [-0.15, -0.1) is 0 Å². The average Bonchev–Trinajstić information content (AvgIpc) is 2.85. The summed E-state index contributed by atoms with van der Waals surface area (Å²) in [6, 6.07) is 14.7. The molecule has 2 fully saturated rings. The smallest absolute Gasteiger partial charge is 0.416 e. The van der Waals surface area contributed by atoms with Gasteiger partial charge < -0.3 is 20.6 Å². The van der Waals surface area contributed by atoms with Gasteiger partial charge in [0, 0.05) is 30.9 Å². The van der Waals surface area contributed by atoms with Gasteiger partial charge in [0.15, 0.2) is 0 Å². The van der Waals surface area contributed by atoms with Crippen molar-refractivity contribution in [3.8, 4) is 6.07 Å². The van der Waals surface area contributed by atoms with Crippen LogP contribution in [0.5, 0.6) is 0 Å². The number of amides is 1. The first-order valence-electron chi connectivity index (χ1n) is 12.4. The second-order valence-electron chi connectivity index (χ2n) is 9.87. The summed E-state index contributed by atoms with van der Waals surface area (Å²) in [6.45, 7) is 1.66. The van der Waals surface area contributed by atoms with E-state index in [1.807, 2.05) is 12.1 Å². The predicted molar refractivity (Wildman–Crippen MR) is 131 cm³/mol. The first-order valence-corrected chi connectivity index (χ1v) is 12.4. The summed E-state index contributed by atoms with van der Waals surface area (Å²) in [6.07, 6.45) is -0.0828. The number of rotatable bonds is 6. The molecule has 3 N–H and O–H groups in total. The molecule has 36 heavy (non-hydrogen) atoms. The number of alkyl halides is 3. The van der Waals surface area contributed by atoms with Crippen LogP contribution in [0.25, 0.3) is 0 Å². The van der Waals surface area contributed by atoms with Crippen molar-refractivity contribution in [3.05, 3.63) is 65.2 Å². The van der Waals surface area contributed by atoms with Crippen molar-refractivity contribution in [1.29, 1.82) is 5.26 Å².